The van der Waals surface area contributed by atoms with E-state index in [1.54, 1.807) is 12.1 Å². The van der Waals surface area contributed by atoms with E-state index in [0.29, 0.717) is 16.7 Å². The first kappa shape index (κ1) is 10.6. The Balaban J connectivity index is 2.22. The Labute approximate surface area is 107 Å². The van der Waals surface area contributed by atoms with E-state index in [0.717, 1.165) is 16.4 Å². The van der Waals surface area contributed by atoms with Gasteiger partial charge < -0.3 is 18.9 Å². The van der Waals surface area contributed by atoms with Crippen LogP contribution in [0.5, 0.6) is 0 Å². The van der Waals surface area contributed by atoms with Gasteiger partial charge in [-0.1, -0.05) is 18.2 Å². The van der Waals surface area contributed by atoms with Crippen LogP contribution in [0.3, 0.4) is 0 Å². The number of para-hydroxylation sites is 1. The Hall–Kier alpha value is -2.31. The molecule has 6 heteroatoms. The van der Waals surface area contributed by atoms with Crippen LogP contribution in [-0.2, 0) is 0 Å². The highest BCUT2D eigenvalue weighted by molar-refractivity contribution is 6.56. The van der Waals surface area contributed by atoms with Gasteiger partial charge in [-0.05, 0) is 18.2 Å². The number of hydrogen-bond donors (Lipinski definition) is 2. The van der Waals surface area contributed by atoms with Crippen molar-refractivity contribution in [3.63, 3.8) is 0 Å². The maximum atomic E-state index is 9.14. The number of benzene rings is 2. The predicted octanol–water partition coefficient (Wildman–Crippen LogP) is 1.41. The first-order chi connectivity index (χ1) is 9.24. The van der Waals surface area contributed by atoms with E-state index in [9.17, 15) is 0 Å². The molecule has 0 aliphatic rings. The molecule has 0 saturated heterocycles. The molecule has 0 atom stereocenters. The van der Waals surface area contributed by atoms with E-state index < -0.39 is 7.12 Å². The second-order valence-electron chi connectivity index (χ2n) is 4.31. The van der Waals surface area contributed by atoms with Gasteiger partial charge >= 0.3 is 7.12 Å². The molecule has 0 spiro atoms. The summed E-state index contributed by atoms with van der Waals surface area (Å²) < 4.78 is 11.2. The van der Waals surface area contributed by atoms with Gasteiger partial charge in [-0.2, -0.15) is 0 Å². The SMILES string of the molecule is OB(O)c1nc2ccc3oc4ccccc4c3c2o1. The second-order valence-corrected chi connectivity index (χ2v) is 4.31. The minimum atomic E-state index is -1.72. The molecule has 5 nitrogen and oxygen atoms in total. The maximum Gasteiger partial charge on any atom is 0.548 e. The lowest BCUT2D eigenvalue weighted by molar-refractivity contribution is 0.410. The average molecular weight is 253 g/mol. The van der Waals surface area contributed by atoms with Crippen molar-refractivity contribution in [1.82, 2.24) is 4.98 Å². The van der Waals surface area contributed by atoms with Crippen molar-refractivity contribution in [3.05, 3.63) is 36.4 Å². The minimum Gasteiger partial charge on any atom is -0.456 e. The van der Waals surface area contributed by atoms with Crippen LogP contribution < -0.4 is 5.79 Å². The van der Waals surface area contributed by atoms with Gasteiger partial charge in [0.2, 0.25) is 5.79 Å². The molecular formula is C13H8BNO4. The van der Waals surface area contributed by atoms with E-state index in [2.05, 4.69) is 4.98 Å². The highest BCUT2D eigenvalue weighted by Crippen LogP contribution is 2.33. The van der Waals surface area contributed by atoms with E-state index in [-0.39, 0.29) is 5.79 Å². The zero-order chi connectivity index (χ0) is 13.0. The molecule has 0 amide bonds. The number of furan rings is 1. The lowest BCUT2D eigenvalue weighted by Gasteiger charge is -1.90. The molecule has 0 radical (unpaired) electrons. The molecule has 92 valence electrons. The highest BCUT2D eigenvalue weighted by Gasteiger charge is 2.21. The van der Waals surface area contributed by atoms with E-state index in [1.165, 1.54) is 0 Å². The first-order valence-corrected chi connectivity index (χ1v) is 5.81. The van der Waals surface area contributed by atoms with Crippen LogP contribution in [0.25, 0.3) is 33.0 Å². The molecule has 0 aliphatic heterocycles. The Morgan fingerprint density at radius 2 is 1.79 bits per heavy atom. The number of nitrogens with zero attached hydrogens (tertiary/aromatic N) is 1. The highest BCUT2D eigenvalue weighted by atomic mass is 16.4. The van der Waals surface area contributed by atoms with Gasteiger partial charge in [-0.15, -0.1) is 0 Å². The maximum absolute atomic E-state index is 9.14. The Kier molecular flexibility index (Phi) is 2.01. The van der Waals surface area contributed by atoms with Crippen LogP contribution in [0.15, 0.2) is 45.2 Å². The van der Waals surface area contributed by atoms with Crippen LogP contribution in [0.1, 0.15) is 0 Å². The zero-order valence-electron chi connectivity index (χ0n) is 9.70. The van der Waals surface area contributed by atoms with E-state index in [4.69, 9.17) is 18.9 Å². The van der Waals surface area contributed by atoms with Crippen molar-refractivity contribution in [1.29, 1.82) is 0 Å². The number of aromatic nitrogens is 1. The summed E-state index contributed by atoms with van der Waals surface area (Å²) in [6.45, 7) is 0. The summed E-state index contributed by atoms with van der Waals surface area (Å²) in [7, 11) is -1.72. The number of fused-ring (bicyclic) bond motifs is 5. The van der Waals surface area contributed by atoms with Crippen LogP contribution in [-0.4, -0.2) is 22.2 Å². The summed E-state index contributed by atoms with van der Waals surface area (Å²) in [6.07, 6.45) is 0. The van der Waals surface area contributed by atoms with Gasteiger partial charge in [0.15, 0.2) is 5.58 Å². The van der Waals surface area contributed by atoms with Crippen LogP contribution in [0.4, 0.5) is 0 Å². The van der Waals surface area contributed by atoms with Crippen molar-refractivity contribution >= 4 is 45.9 Å². The monoisotopic (exact) mass is 253 g/mol. The lowest BCUT2D eigenvalue weighted by Crippen LogP contribution is -2.30. The van der Waals surface area contributed by atoms with Gasteiger partial charge in [0.25, 0.3) is 0 Å². The molecule has 0 unspecified atom stereocenters. The van der Waals surface area contributed by atoms with Crippen molar-refractivity contribution in [2.24, 2.45) is 0 Å². The fourth-order valence-electron chi connectivity index (χ4n) is 2.32. The standard InChI is InChI=1S/C13H8BNO4/c16-14(17)13-15-8-5-6-10-11(12(8)19-13)7-3-1-2-4-9(7)18-10/h1-6,16-17H. The van der Waals surface area contributed by atoms with Crippen molar-refractivity contribution in [2.45, 2.75) is 0 Å². The fourth-order valence-corrected chi connectivity index (χ4v) is 2.32. The van der Waals surface area contributed by atoms with E-state index >= 15 is 0 Å². The molecule has 2 N–H and O–H groups in total. The number of oxazole rings is 1. The van der Waals surface area contributed by atoms with Crippen molar-refractivity contribution < 1.29 is 18.9 Å². The summed E-state index contributed by atoms with van der Waals surface area (Å²) >= 11 is 0. The lowest BCUT2D eigenvalue weighted by atomic mass is 9.93. The van der Waals surface area contributed by atoms with Crippen LogP contribution in [0.2, 0.25) is 0 Å². The predicted molar refractivity (Wildman–Crippen MR) is 71.1 cm³/mol. The van der Waals surface area contributed by atoms with Gasteiger partial charge in [0, 0.05) is 5.39 Å². The number of hydrogen-bond acceptors (Lipinski definition) is 5. The topological polar surface area (TPSA) is 79.6 Å². The normalized spacial score (nSPS) is 11.7. The van der Waals surface area contributed by atoms with Crippen LogP contribution in [0, 0.1) is 0 Å². The summed E-state index contributed by atoms with van der Waals surface area (Å²) in [4.78, 5) is 4.04. The third kappa shape index (κ3) is 1.41. The van der Waals surface area contributed by atoms with Crippen LogP contribution >= 0.6 is 0 Å². The molecule has 2 heterocycles. The second kappa shape index (κ2) is 3.60. The number of rotatable bonds is 1. The van der Waals surface area contributed by atoms with Gasteiger partial charge in [0.1, 0.15) is 16.7 Å². The summed E-state index contributed by atoms with van der Waals surface area (Å²) in [5.41, 5.74) is 2.52. The Morgan fingerprint density at radius 1 is 0.947 bits per heavy atom. The third-order valence-electron chi connectivity index (χ3n) is 3.13. The molecule has 0 aliphatic carbocycles. The summed E-state index contributed by atoms with van der Waals surface area (Å²) in [5.74, 6) is -0.118. The molecule has 2 aromatic carbocycles. The van der Waals surface area contributed by atoms with Gasteiger partial charge in [0.05, 0.1) is 5.39 Å². The molecule has 2 aromatic heterocycles. The zero-order valence-corrected chi connectivity index (χ0v) is 9.70. The minimum absolute atomic E-state index is 0.118. The molecule has 4 rings (SSSR count). The quantitative estimate of drug-likeness (QED) is 0.501. The van der Waals surface area contributed by atoms with E-state index in [1.807, 2.05) is 24.3 Å². The van der Waals surface area contributed by atoms with Crippen molar-refractivity contribution in [3.8, 4) is 0 Å². The summed E-state index contributed by atoms with van der Waals surface area (Å²) in [6, 6.07) is 11.1. The largest absolute Gasteiger partial charge is 0.548 e. The Morgan fingerprint density at radius 3 is 2.63 bits per heavy atom. The molecule has 0 bridgehead atoms. The summed E-state index contributed by atoms with van der Waals surface area (Å²) in [5, 5.41) is 20.0. The Bertz CT molecular complexity index is 909. The van der Waals surface area contributed by atoms with Gasteiger partial charge in [-0.3, -0.25) is 0 Å². The molecule has 0 saturated carbocycles. The fraction of sp³-hybridized carbons (Fsp3) is 0. The molecule has 4 aromatic rings. The van der Waals surface area contributed by atoms with Crippen molar-refractivity contribution in [2.75, 3.05) is 0 Å². The van der Waals surface area contributed by atoms with Gasteiger partial charge in [-0.25, -0.2) is 4.98 Å². The molecular weight excluding hydrogens is 245 g/mol. The smallest absolute Gasteiger partial charge is 0.456 e. The first-order valence-electron chi connectivity index (χ1n) is 5.81. The average Bonchev–Trinajstić information content (AvgIpc) is 2.98. The molecule has 19 heavy (non-hydrogen) atoms. The third-order valence-corrected chi connectivity index (χ3v) is 3.13. The molecule has 0 fully saturated rings.